The molecule has 0 atom stereocenters. The van der Waals surface area contributed by atoms with E-state index in [-0.39, 0.29) is 10.8 Å². The number of hydrogen-bond acceptors (Lipinski definition) is 4. The molecular formula is C25H26ClN3O3S. The maximum absolute atomic E-state index is 13.0. The topological polar surface area (TPSA) is 60.9 Å². The molecule has 33 heavy (non-hydrogen) atoms. The van der Waals surface area contributed by atoms with Gasteiger partial charge in [0.15, 0.2) is 0 Å². The summed E-state index contributed by atoms with van der Waals surface area (Å²) in [6.07, 6.45) is 0. The van der Waals surface area contributed by atoms with Gasteiger partial charge in [-0.3, -0.25) is 9.10 Å². The Balaban J connectivity index is 1.42. The number of amides is 1. The molecule has 1 aliphatic rings. The number of carbonyl (C=O) groups is 1. The minimum Gasteiger partial charge on any atom is -0.368 e. The van der Waals surface area contributed by atoms with Gasteiger partial charge in [-0.25, -0.2) is 8.42 Å². The number of anilines is 2. The molecule has 0 spiro atoms. The van der Waals surface area contributed by atoms with Crippen molar-refractivity contribution in [2.45, 2.75) is 11.8 Å². The van der Waals surface area contributed by atoms with Crippen molar-refractivity contribution in [3.8, 4) is 0 Å². The zero-order valence-electron chi connectivity index (χ0n) is 18.6. The van der Waals surface area contributed by atoms with Crippen LogP contribution in [0.15, 0.2) is 77.7 Å². The molecule has 3 aromatic rings. The second-order valence-electron chi connectivity index (χ2n) is 8.04. The van der Waals surface area contributed by atoms with Crippen LogP contribution in [0.5, 0.6) is 0 Å². The van der Waals surface area contributed by atoms with Crippen LogP contribution >= 0.6 is 11.6 Å². The highest BCUT2D eigenvalue weighted by Gasteiger charge is 2.24. The monoisotopic (exact) mass is 483 g/mol. The SMILES string of the molecule is Cc1ccc(Cl)cc1N1CCN(C(=O)c2ccc(N(C)S(=O)(=O)c3ccccc3)cc2)CC1. The highest BCUT2D eigenvalue weighted by molar-refractivity contribution is 7.92. The van der Waals surface area contributed by atoms with Gasteiger partial charge >= 0.3 is 0 Å². The molecule has 172 valence electrons. The van der Waals surface area contributed by atoms with Crippen molar-refractivity contribution in [3.05, 3.63) is 88.9 Å². The lowest BCUT2D eigenvalue weighted by atomic mass is 10.1. The molecule has 0 bridgehead atoms. The second kappa shape index (κ2) is 9.45. The molecule has 1 heterocycles. The van der Waals surface area contributed by atoms with Crippen LogP contribution < -0.4 is 9.21 Å². The second-order valence-corrected chi connectivity index (χ2v) is 10.4. The van der Waals surface area contributed by atoms with Crippen LogP contribution in [0.25, 0.3) is 0 Å². The quantitative estimate of drug-likeness (QED) is 0.538. The molecule has 1 amide bonds. The smallest absolute Gasteiger partial charge is 0.264 e. The summed E-state index contributed by atoms with van der Waals surface area (Å²) in [7, 11) is -2.15. The van der Waals surface area contributed by atoms with Crippen molar-refractivity contribution in [1.29, 1.82) is 0 Å². The van der Waals surface area contributed by atoms with Crippen LogP contribution in [0.4, 0.5) is 11.4 Å². The fourth-order valence-corrected chi connectivity index (χ4v) is 5.34. The van der Waals surface area contributed by atoms with Gasteiger partial charge in [0.2, 0.25) is 0 Å². The molecule has 4 rings (SSSR count). The number of carbonyl (C=O) groups excluding carboxylic acids is 1. The van der Waals surface area contributed by atoms with Crippen LogP contribution in [-0.2, 0) is 10.0 Å². The third-order valence-corrected chi connectivity index (χ3v) is 7.99. The zero-order chi connectivity index (χ0) is 23.6. The van der Waals surface area contributed by atoms with E-state index in [4.69, 9.17) is 11.6 Å². The van der Waals surface area contributed by atoms with Crippen LogP contribution in [0.2, 0.25) is 5.02 Å². The molecule has 0 aromatic heterocycles. The van der Waals surface area contributed by atoms with E-state index in [2.05, 4.69) is 11.8 Å². The first kappa shape index (κ1) is 23.1. The van der Waals surface area contributed by atoms with E-state index in [1.54, 1.807) is 54.6 Å². The molecule has 6 nitrogen and oxygen atoms in total. The van der Waals surface area contributed by atoms with Crippen LogP contribution in [0.1, 0.15) is 15.9 Å². The van der Waals surface area contributed by atoms with Crippen LogP contribution in [0, 0.1) is 6.92 Å². The van der Waals surface area contributed by atoms with Gasteiger partial charge in [0.05, 0.1) is 10.6 Å². The summed E-state index contributed by atoms with van der Waals surface area (Å²) in [6, 6.07) is 20.8. The number of piperazine rings is 1. The number of hydrogen-bond donors (Lipinski definition) is 0. The number of nitrogens with zero attached hydrogens (tertiary/aromatic N) is 3. The van der Waals surface area contributed by atoms with E-state index in [0.717, 1.165) is 24.3 Å². The largest absolute Gasteiger partial charge is 0.368 e. The molecule has 1 saturated heterocycles. The highest BCUT2D eigenvalue weighted by atomic mass is 35.5. The van der Waals surface area contributed by atoms with E-state index >= 15 is 0 Å². The number of aryl methyl sites for hydroxylation is 1. The van der Waals surface area contributed by atoms with Gasteiger partial charge in [-0.2, -0.15) is 0 Å². The van der Waals surface area contributed by atoms with Gasteiger partial charge in [0.1, 0.15) is 0 Å². The molecule has 0 N–H and O–H groups in total. The summed E-state index contributed by atoms with van der Waals surface area (Å²) >= 11 is 6.16. The lowest BCUT2D eigenvalue weighted by Gasteiger charge is -2.37. The predicted molar refractivity (Wildman–Crippen MR) is 133 cm³/mol. The van der Waals surface area contributed by atoms with Crippen molar-refractivity contribution >= 4 is 38.9 Å². The van der Waals surface area contributed by atoms with E-state index in [0.29, 0.717) is 29.4 Å². The number of sulfonamides is 1. The van der Waals surface area contributed by atoms with Gasteiger partial charge in [-0.15, -0.1) is 0 Å². The van der Waals surface area contributed by atoms with Crippen molar-refractivity contribution < 1.29 is 13.2 Å². The lowest BCUT2D eigenvalue weighted by Crippen LogP contribution is -2.49. The number of halogens is 1. The first-order chi connectivity index (χ1) is 15.8. The molecule has 1 aliphatic heterocycles. The summed E-state index contributed by atoms with van der Waals surface area (Å²) in [6.45, 7) is 4.72. The van der Waals surface area contributed by atoms with Gasteiger partial charge in [-0.1, -0.05) is 35.9 Å². The van der Waals surface area contributed by atoms with Gasteiger partial charge in [0, 0.05) is 49.5 Å². The first-order valence-electron chi connectivity index (χ1n) is 10.7. The molecule has 8 heteroatoms. The molecular weight excluding hydrogens is 458 g/mol. The Morgan fingerprint density at radius 1 is 0.909 bits per heavy atom. The third-order valence-electron chi connectivity index (χ3n) is 5.96. The predicted octanol–water partition coefficient (Wildman–Crippen LogP) is 4.44. The Kier molecular flexibility index (Phi) is 6.63. The summed E-state index contributed by atoms with van der Waals surface area (Å²) in [5, 5.41) is 0.702. The average molecular weight is 484 g/mol. The number of rotatable bonds is 5. The van der Waals surface area contributed by atoms with Crippen LogP contribution in [-0.4, -0.2) is 52.5 Å². The van der Waals surface area contributed by atoms with E-state index < -0.39 is 10.0 Å². The van der Waals surface area contributed by atoms with Gasteiger partial charge in [-0.05, 0) is 61.0 Å². The minimum absolute atomic E-state index is 0.0578. The standard InChI is InChI=1S/C25H26ClN3O3S/c1-19-8-11-21(26)18-24(19)28-14-16-29(17-15-28)25(30)20-9-12-22(13-10-20)27(2)33(31,32)23-6-4-3-5-7-23/h3-13,18H,14-17H2,1-2H3. The fourth-order valence-electron chi connectivity index (χ4n) is 3.96. The Labute approximate surface area is 200 Å². The summed E-state index contributed by atoms with van der Waals surface area (Å²) < 4.78 is 26.9. The Hall–Kier alpha value is -3.03. The summed E-state index contributed by atoms with van der Waals surface area (Å²) in [5.74, 6) is -0.0578. The Morgan fingerprint density at radius 2 is 1.55 bits per heavy atom. The zero-order valence-corrected chi connectivity index (χ0v) is 20.2. The van der Waals surface area contributed by atoms with Crippen molar-refractivity contribution in [2.24, 2.45) is 0 Å². The maximum Gasteiger partial charge on any atom is 0.264 e. The van der Waals surface area contributed by atoms with Crippen molar-refractivity contribution in [1.82, 2.24) is 4.90 Å². The molecule has 1 fully saturated rings. The molecule has 0 saturated carbocycles. The first-order valence-corrected chi connectivity index (χ1v) is 12.5. The molecule has 0 unspecified atom stereocenters. The average Bonchev–Trinajstić information content (AvgIpc) is 2.85. The molecule has 0 aliphatic carbocycles. The van der Waals surface area contributed by atoms with Gasteiger partial charge in [0.25, 0.3) is 15.9 Å². The maximum atomic E-state index is 13.0. The number of benzene rings is 3. The minimum atomic E-state index is -3.66. The van der Waals surface area contributed by atoms with E-state index in [9.17, 15) is 13.2 Å². The third kappa shape index (κ3) is 4.84. The lowest BCUT2D eigenvalue weighted by molar-refractivity contribution is 0.0747. The summed E-state index contributed by atoms with van der Waals surface area (Å²) in [5.41, 5.74) is 3.29. The molecule has 3 aromatic carbocycles. The Morgan fingerprint density at radius 3 is 2.18 bits per heavy atom. The Bertz CT molecular complexity index is 1240. The summed E-state index contributed by atoms with van der Waals surface area (Å²) in [4.78, 5) is 17.3. The van der Waals surface area contributed by atoms with Crippen molar-refractivity contribution in [2.75, 3.05) is 42.4 Å². The van der Waals surface area contributed by atoms with Crippen LogP contribution in [0.3, 0.4) is 0 Å². The normalized spacial score (nSPS) is 14.3. The fraction of sp³-hybridized carbons (Fsp3) is 0.240. The van der Waals surface area contributed by atoms with E-state index in [1.165, 1.54) is 11.4 Å². The van der Waals surface area contributed by atoms with Gasteiger partial charge < -0.3 is 9.80 Å². The van der Waals surface area contributed by atoms with Crippen molar-refractivity contribution in [3.63, 3.8) is 0 Å². The highest BCUT2D eigenvalue weighted by Crippen LogP contribution is 2.26. The molecule has 0 radical (unpaired) electrons. The van der Waals surface area contributed by atoms with E-state index in [1.807, 2.05) is 23.1 Å².